The fourth-order valence-electron chi connectivity index (χ4n) is 3.05. The number of hydrazone groups is 1. The maximum absolute atomic E-state index is 12.8. The molecule has 0 spiro atoms. The lowest BCUT2D eigenvalue weighted by Crippen LogP contribution is -2.50. The van der Waals surface area contributed by atoms with E-state index in [-0.39, 0.29) is 11.6 Å². The predicted octanol–water partition coefficient (Wildman–Crippen LogP) is 1.49. The van der Waals surface area contributed by atoms with Crippen LogP contribution in [0.4, 0.5) is 5.69 Å². The second kappa shape index (κ2) is 6.84. The van der Waals surface area contributed by atoms with Crippen molar-refractivity contribution in [3.05, 3.63) is 74.8 Å². The predicted molar refractivity (Wildman–Crippen MR) is 102 cm³/mol. The number of amides is 1. The van der Waals surface area contributed by atoms with Crippen molar-refractivity contribution in [2.75, 3.05) is 5.75 Å². The minimum absolute atomic E-state index is 0.0308. The monoisotopic (exact) mass is 381 g/mol. The first-order valence-electron chi connectivity index (χ1n) is 8.32. The highest BCUT2D eigenvalue weighted by Gasteiger charge is 2.34. The number of fused-ring (bicyclic) bond motifs is 2. The van der Waals surface area contributed by atoms with Crippen LogP contribution < -0.4 is 15.9 Å². The average Bonchev–Trinajstić information content (AvgIpc) is 2.67. The highest BCUT2D eigenvalue weighted by atomic mass is 32.2. The van der Waals surface area contributed by atoms with E-state index in [9.17, 15) is 14.9 Å². The Morgan fingerprint density at radius 1 is 1.26 bits per heavy atom. The van der Waals surface area contributed by atoms with Crippen molar-refractivity contribution in [2.24, 2.45) is 10.1 Å². The van der Waals surface area contributed by atoms with Crippen LogP contribution in [-0.2, 0) is 4.79 Å². The number of hydrogen-bond acceptors (Lipinski definition) is 7. The molecule has 0 saturated carbocycles. The molecule has 1 atom stereocenters. The van der Waals surface area contributed by atoms with E-state index in [1.807, 2.05) is 31.2 Å². The lowest BCUT2D eigenvalue weighted by Gasteiger charge is -2.33. The van der Waals surface area contributed by atoms with Crippen LogP contribution in [0.25, 0.3) is 5.70 Å². The van der Waals surface area contributed by atoms with Crippen molar-refractivity contribution in [3.63, 3.8) is 0 Å². The van der Waals surface area contributed by atoms with Crippen LogP contribution in [0.5, 0.6) is 0 Å². The summed E-state index contributed by atoms with van der Waals surface area (Å²) in [4.78, 5) is 28.2. The molecule has 0 fully saturated rings. The van der Waals surface area contributed by atoms with Gasteiger partial charge in [0.05, 0.1) is 10.3 Å². The Morgan fingerprint density at radius 3 is 2.85 bits per heavy atom. The number of hydrogen-bond donors (Lipinski definition) is 1. The van der Waals surface area contributed by atoms with Gasteiger partial charge in [-0.05, 0) is 11.8 Å². The zero-order valence-electron chi connectivity index (χ0n) is 14.3. The third kappa shape index (κ3) is 3.06. The zero-order valence-corrected chi connectivity index (χ0v) is 15.1. The Kier molecular flexibility index (Phi) is 4.36. The highest BCUT2D eigenvalue weighted by Crippen LogP contribution is 2.32. The summed E-state index contributed by atoms with van der Waals surface area (Å²) in [6, 6.07) is 13.6. The Bertz CT molecular complexity index is 1100. The largest absolute Gasteiger partial charge is 0.298 e. The van der Waals surface area contributed by atoms with Gasteiger partial charge in [0.2, 0.25) is 0 Å². The number of non-ortho nitro benzene ring substituents is 1. The molecule has 1 N–H and O–H groups in total. The first-order chi connectivity index (χ1) is 13.1. The summed E-state index contributed by atoms with van der Waals surface area (Å²) >= 11 is 1.41. The zero-order chi connectivity index (χ0) is 19.0. The molecule has 2 aromatic carbocycles. The van der Waals surface area contributed by atoms with Crippen LogP contribution in [0.1, 0.15) is 18.7 Å². The number of nitro benzene ring substituents is 1. The number of amidine groups is 1. The van der Waals surface area contributed by atoms with Crippen LogP contribution in [0, 0.1) is 10.1 Å². The molecule has 1 unspecified atom stereocenters. The summed E-state index contributed by atoms with van der Waals surface area (Å²) < 4.78 is 0. The molecular weight excluding hydrogens is 366 g/mol. The molecule has 2 heterocycles. The van der Waals surface area contributed by atoms with E-state index in [4.69, 9.17) is 4.99 Å². The van der Waals surface area contributed by atoms with Crippen LogP contribution in [0.3, 0.4) is 0 Å². The third-order valence-corrected chi connectivity index (χ3v) is 4.92. The van der Waals surface area contributed by atoms with Crippen molar-refractivity contribution in [3.8, 4) is 0 Å². The normalized spacial score (nSPS) is 18.0. The van der Waals surface area contributed by atoms with Crippen molar-refractivity contribution < 1.29 is 9.72 Å². The standard InChI is InChI=1S/C18H15N5O3S/c1-2-27-18-20-17(24)15-13-8-3-4-9-14(13)19-16(22(15)21-18)11-6-5-7-12(10-11)23(25)26/h3-10,16H,2H2,1H3,(H,20,21,24). The molecule has 9 heteroatoms. The fourth-order valence-corrected chi connectivity index (χ4v) is 3.63. The molecule has 27 heavy (non-hydrogen) atoms. The molecule has 1 amide bonds. The van der Waals surface area contributed by atoms with E-state index in [2.05, 4.69) is 10.4 Å². The minimum atomic E-state index is -0.659. The fraction of sp³-hybridized carbons (Fsp3) is 0.167. The van der Waals surface area contributed by atoms with Crippen molar-refractivity contribution in [1.29, 1.82) is 0 Å². The van der Waals surface area contributed by atoms with E-state index < -0.39 is 11.1 Å². The van der Waals surface area contributed by atoms with Gasteiger partial charge in [-0.15, -0.1) is 5.10 Å². The van der Waals surface area contributed by atoms with Gasteiger partial charge in [0, 0.05) is 22.9 Å². The van der Waals surface area contributed by atoms with Crippen LogP contribution in [0.2, 0.25) is 0 Å². The highest BCUT2D eigenvalue weighted by molar-refractivity contribution is 8.13. The lowest BCUT2D eigenvalue weighted by atomic mass is 10.1. The van der Waals surface area contributed by atoms with Gasteiger partial charge < -0.3 is 0 Å². The average molecular weight is 381 g/mol. The molecule has 0 radical (unpaired) electrons. The van der Waals surface area contributed by atoms with Crippen molar-refractivity contribution in [1.82, 2.24) is 10.3 Å². The Morgan fingerprint density at radius 2 is 2.07 bits per heavy atom. The molecular formula is C18H15N5O3S. The van der Waals surface area contributed by atoms with Gasteiger partial charge in [0.25, 0.3) is 11.6 Å². The van der Waals surface area contributed by atoms with Crippen molar-refractivity contribution >= 4 is 34.2 Å². The number of thioether (sulfide) groups is 1. The number of rotatable bonds is 3. The molecule has 2 aromatic rings. The molecule has 136 valence electrons. The van der Waals surface area contributed by atoms with Gasteiger partial charge in [0.15, 0.2) is 11.3 Å². The van der Waals surface area contributed by atoms with E-state index in [0.717, 1.165) is 5.75 Å². The van der Waals surface area contributed by atoms with Crippen LogP contribution in [-0.4, -0.2) is 26.8 Å². The number of nitrogens with one attached hydrogen (secondary N) is 1. The summed E-state index contributed by atoms with van der Waals surface area (Å²) in [5, 5.41) is 21.9. The molecule has 2 aliphatic heterocycles. The Labute approximate surface area is 158 Å². The van der Waals surface area contributed by atoms with Crippen molar-refractivity contribution in [2.45, 2.75) is 13.1 Å². The quantitative estimate of drug-likeness (QED) is 0.641. The molecule has 0 bridgehead atoms. The van der Waals surface area contributed by atoms with E-state index in [0.29, 0.717) is 27.0 Å². The molecule has 4 rings (SSSR count). The van der Waals surface area contributed by atoms with E-state index in [1.54, 1.807) is 17.1 Å². The van der Waals surface area contributed by atoms with Crippen LogP contribution >= 0.6 is 11.8 Å². The second-order valence-corrected chi connectivity index (χ2v) is 7.11. The third-order valence-electron chi connectivity index (χ3n) is 4.18. The summed E-state index contributed by atoms with van der Waals surface area (Å²) in [5.41, 5.74) is 0.949. The number of para-hydroxylation sites is 1. The lowest BCUT2D eigenvalue weighted by molar-refractivity contribution is -0.384. The Balaban J connectivity index is 1.94. The molecule has 2 aliphatic rings. The number of carbonyl (C=O) groups excluding carboxylic acids is 1. The SMILES string of the molecule is CCSC1=NN2C(=c3ccccc3=NC2c2cccc([N+](=O)[O-])c2)C(=O)N1. The first kappa shape index (κ1) is 17.2. The van der Waals surface area contributed by atoms with Gasteiger partial charge in [-0.25, -0.2) is 5.01 Å². The number of carbonyl (C=O) groups is 1. The van der Waals surface area contributed by atoms with Gasteiger partial charge in [-0.2, -0.15) is 0 Å². The van der Waals surface area contributed by atoms with E-state index in [1.165, 1.54) is 23.9 Å². The smallest absolute Gasteiger partial charge is 0.276 e. The number of nitrogens with zero attached hydrogens (tertiary/aromatic N) is 4. The maximum atomic E-state index is 12.8. The second-order valence-electron chi connectivity index (χ2n) is 5.86. The first-order valence-corrected chi connectivity index (χ1v) is 9.30. The van der Waals surface area contributed by atoms with Gasteiger partial charge in [-0.1, -0.05) is 49.0 Å². The summed E-state index contributed by atoms with van der Waals surface area (Å²) in [6.07, 6.45) is -0.659. The Hall–Kier alpha value is -3.20. The number of nitro groups is 1. The summed E-state index contributed by atoms with van der Waals surface area (Å²) in [7, 11) is 0. The maximum Gasteiger partial charge on any atom is 0.276 e. The molecule has 0 saturated heterocycles. The molecule has 8 nitrogen and oxygen atoms in total. The topological polar surface area (TPSA) is 100 Å². The molecule has 0 aromatic heterocycles. The molecule has 0 aliphatic carbocycles. The minimum Gasteiger partial charge on any atom is -0.298 e. The van der Waals surface area contributed by atoms with E-state index >= 15 is 0 Å². The van der Waals surface area contributed by atoms with Crippen LogP contribution in [0.15, 0.2) is 58.6 Å². The number of benzene rings is 2. The summed E-state index contributed by atoms with van der Waals surface area (Å²) in [6.45, 7) is 1.96. The summed E-state index contributed by atoms with van der Waals surface area (Å²) in [5.74, 6) is 0.482. The van der Waals surface area contributed by atoms with Gasteiger partial charge >= 0.3 is 0 Å². The van der Waals surface area contributed by atoms with Gasteiger partial charge in [-0.3, -0.25) is 25.2 Å². The van der Waals surface area contributed by atoms with Gasteiger partial charge in [0.1, 0.15) is 5.70 Å².